The lowest BCUT2D eigenvalue weighted by atomic mass is 10.2. The Bertz CT molecular complexity index is 520. The van der Waals surface area contributed by atoms with Gasteiger partial charge in [-0.05, 0) is 17.6 Å². The Morgan fingerprint density at radius 2 is 2.00 bits per heavy atom. The molecule has 2 rings (SSSR count). The lowest BCUT2D eigenvalue weighted by Crippen LogP contribution is -2.08. The first-order valence-electron chi connectivity index (χ1n) is 6.62. The monoisotopic (exact) mass is 275 g/mol. The van der Waals surface area contributed by atoms with Crippen LogP contribution in [0.25, 0.3) is 0 Å². The van der Waals surface area contributed by atoms with Crippen molar-refractivity contribution in [2.45, 2.75) is 26.3 Å². The number of thioether (sulfide) groups is 1. The largest absolute Gasteiger partial charge is 0.384 e. The maximum atomic E-state index is 6.26. The molecule has 0 unspecified atom stereocenters. The molecule has 0 fully saturated rings. The standard InChI is InChI=1S/C15H21N3S/c1-3-14-17-13(9-10-19-2)15(16)18(14)11-12-7-5-4-6-8-12/h4-8H,3,9-11,16H2,1-2H3. The van der Waals surface area contributed by atoms with Crippen molar-refractivity contribution in [2.24, 2.45) is 0 Å². The molecule has 1 aromatic heterocycles. The zero-order chi connectivity index (χ0) is 13.7. The molecule has 0 saturated carbocycles. The van der Waals surface area contributed by atoms with Gasteiger partial charge in [-0.1, -0.05) is 37.3 Å². The molecule has 0 saturated heterocycles. The molecule has 0 aliphatic heterocycles. The maximum Gasteiger partial charge on any atom is 0.127 e. The summed E-state index contributed by atoms with van der Waals surface area (Å²) >= 11 is 1.83. The second-order valence-electron chi connectivity index (χ2n) is 4.53. The van der Waals surface area contributed by atoms with E-state index in [0.29, 0.717) is 0 Å². The predicted molar refractivity (Wildman–Crippen MR) is 83.6 cm³/mol. The quantitative estimate of drug-likeness (QED) is 0.881. The van der Waals surface area contributed by atoms with Gasteiger partial charge in [0.2, 0.25) is 0 Å². The van der Waals surface area contributed by atoms with Crippen LogP contribution in [0.5, 0.6) is 0 Å². The second-order valence-corrected chi connectivity index (χ2v) is 5.51. The number of benzene rings is 1. The summed E-state index contributed by atoms with van der Waals surface area (Å²) in [5.74, 6) is 2.97. The highest BCUT2D eigenvalue weighted by atomic mass is 32.2. The molecule has 0 radical (unpaired) electrons. The lowest BCUT2D eigenvalue weighted by molar-refractivity contribution is 0.740. The van der Waals surface area contributed by atoms with Crippen LogP contribution in [0, 0.1) is 0 Å². The van der Waals surface area contributed by atoms with Crippen LogP contribution in [0.15, 0.2) is 30.3 Å². The van der Waals surface area contributed by atoms with Gasteiger partial charge >= 0.3 is 0 Å². The maximum absolute atomic E-state index is 6.26. The number of nitrogens with zero attached hydrogens (tertiary/aromatic N) is 2. The van der Waals surface area contributed by atoms with Crippen LogP contribution in [-0.4, -0.2) is 21.6 Å². The lowest BCUT2D eigenvalue weighted by Gasteiger charge is -2.09. The van der Waals surface area contributed by atoms with Crippen LogP contribution in [0.3, 0.4) is 0 Å². The van der Waals surface area contributed by atoms with Crippen LogP contribution < -0.4 is 5.73 Å². The Kier molecular flexibility index (Phi) is 4.91. The van der Waals surface area contributed by atoms with Gasteiger partial charge in [0.15, 0.2) is 0 Å². The first-order chi connectivity index (χ1) is 9.26. The molecule has 0 aliphatic carbocycles. The molecule has 0 amide bonds. The number of hydrogen-bond donors (Lipinski definition) is 1. The van der Waals surface area contributed by atoms with Gasteiger partial charge < -0.3 is 10.3 Å². The first kappa shape index (κ1) is 14.0. The predicted octanol–water partition coefficient (Wildman–Crippen LogP) is 2.98. The van der Waals surface area contributed by atoms with Crippen molar-refractivity contribution in [1.29, 1.82) is 0 Å². The van der Waals surface area contributed by atoms with Crippen LogP contribution in [-0.2, 0) is 19.4 Å². The van der Waals surface area contributed by atoms with Crippen LogP contribution >= 0.6 is 11.8 Å². The van der Waals surface area contributed by atoms with E-state index in [1.807, 2.05) is 17.8 Å². The summed E-state index contributed by atoms with van der Waals surface area (Å²) in [6.45, 7) is 2.93. The number of nitrogens with two attached hydrogens (primary N) is 1. The average Bonchev–Trinajstić information content (AvgIpc) is 2.74. The normalized spacial score (nSPS) is 10.8. The third-order valence-electron chi connectivity index (χ3n) is 3.20. The van der Waals surface area contributed by atoms with Crippen LogP contribution in [0.4, 0.5) is 5.82 Å². The Balaban J connectivity index is 2.25. The summed E-state index contributed by atoms with van der Waals surface area (Å²) in [6, 6.07) is 10.4. The molecule has 19 heavy (non-hydrogen) atoms. The Morgan fingerprint density at radius 1 is 1.26 bits per heavy atom. The van der Waals surface area contributed by atoms with Gasteiger partial charge in [-0.15, -0.1) is 0 Å². The van der Waals surface area contributed by atoms with Crippen molar-refractivity contribution < 1.29 is 0 Å². The molecule has 102 valence electrons. The van der Waals surface area contributed by atoms with E-state index in [2.05, 4.69) is 47.0 Å². The molecule has 0 aliphatic rings. The zero-order valence-corrected chi connectivity index (χ0v) is 12.4. The molecule has 2 aromatic rings. The highest BCUT2D eigenvalue weighted by Gasteiger charge is 2.13. The second kappa shape index (κ2) is 6.66. The fourth-order valence-corrected chi connectivity index (χ4v) is 2.56. The number of hydrogen-bond acceptors (Lipinski definition) is 3. The Labute approximate surface area is 119 Å². The highest BCUT2D eigenvalue weighted by molar-refractivity contribution is 7.98. The van der Waals surface area contributed by atoms with E-state index in [4.69, 9.17) is 5.73 Å². The molecule has 0 atom stereocenters. The van der Waals surface area contributed by atoms with Crippen molar-refractivity contribution in [2.75, 3.05) is 17.7 Å². The molecular formula is C15H21N3S. The minimum Gasteiger partial charge on any atom is -0.384 e. The van der Waals surface area contributed by atoms with Gasteiger partial charge in [-0.25, -0.2) is 4.98 Å². The number of rotatable bonds is 6. The third kappa shape index (κ3) is 3.32. The SMILES string of the molecule is CCc1nc(CCSC)c(N)n1Cc1ccccc1. The topological polar surface area (TPSA) is 43.8 Å². The highest BCUT2D eigenvalue weighted by Crippen LogP contribution is 2.19. The van der Waals surface area contributed by atoms with E-state index < -0.39 is 0 Å². The number of nitrogen functional groups attached to an aromatic ring is 1. The van der Waals surface area contributed by atoms with Crippen molar-refractivity contribution >= 4 is 17.6 Å². The molecule has 0 bridgehead atoms. The van der Waals surface area contributed by atoms with E-state index in [-0.39, 0.29) is 0 Å². The van der Waals surface area contributed by atoms with Gasteiger partial charge in [-0.3, -0.25) is 0 Å². The number of aromatic nitrogens is 2. The molecule has 4 heteroatoms. The van der Waals surface area contributed by atoms with Gasteiger partial charge in [-0.2, -0.15) is 11.8 Å². The smallest absolute Gasteiger partial charge is 0.127 e. The van der Waals surface area contributed by atoms with Gasteiger partial charge in [0.25, 0.3) is 0 Å². The number of aryl methyl sites for hydroxylation is 2. The van der Waals surface area contributed by atoms with E-state index in [9.17, 15) is 0 Å². The molecule has 2 N–H and O–H groups in total. The van der Waals surface area contributed by atoms with Gasteiger partial charge in [0, 0.05) is 12.8 Å². The van der Waals surface area contributed by atoms with Crippen LogP contribution in [0.1, 0.15) is 24.0 Å². The molecule has 0 spiro atoms. The average molecular weight is 275 g/mol. The number of anilines is 1. The van der Waals surface area contributed by atoms with E-state index in [1.54, 1.807) is 0 Å². The van der Waals surface area contributed by atoms with Crippen molar-refractivity contribution in [3.05, 3.63) is 47.4 Å². The minimum atomic E-state index is 0.808. The summed E-state index contributed by atoms with van der Waals surface area (Å²) < 4.78 is 2.14. The molecule has 3 nitrogen and oxygen atoms in total. The van der Waals surface area contributed by atoms with Crippen molar-refractivity contribution in [1.82, 2.24) is 9.55 Å². The Morgan fingerprint density at radius 3 is 2.63 bits per heavy atom. The summed E-state index contributed by atoms with van der Waals surface area (Å²) in [5.41, 5.74) is 8.56. The van der Waals surface area contributed by atoms with E-state index >= 15 is 0 Å². The molecular weight excluding hydrogens is 254 g/mol. The Hall–Kier alpha value is -1.42. The summed E-state index contributed by atoms with van der Waals surface area (Å²) in [6.07, 6.45) is 3.97. The van der Waals surface area contributed by atoms with Gasteiger partial charge in [0.05, 0.1) is 12.2 Å². The summed E-state index contributed by atoms with van der Waals surface area (Å²) in [7, 11) is 0. The van der Waals surface area contributed by atoms with Crippen LogP contribution in [0.2, 0.25) is 0 Å². The first-order valence-corrected chi connectivity index (χ1v) is 8.02. The fourth-order valence-electron chi connectivity index (χ4n) is 2.16. The fraction of sp³-hybridized carbons (Fsp3) is 0.400. The van der Waals surface area contributed by atoms with Crippen molar-refractivity contribution in [3.63, 3.8) is 0 Å². The summed E-state index contributed by atoms with van der Waals surface area (Å²) in [4.78, 5) is 4.69. The molecule has 1 heterocycles. The summed E-state index contributed by atoms with van der Waals surface area (Å²) in [5, 5.41) is 0. The van der Waals surface area contributed by atoms with E-state index in [0.717, 1.165) is 42.5 Å². The molecule has 1 aromatic carbocycles. The van der Waals surface area contributed by atoms with Crippen molar-refractivity contribution in [3.8, 4) is 0 Å². The number of imidazole rings is 1. The zero-order valence-electron chi connectivity index (χ0n) is 11.6. The van der Waals surface area contributed by atoms with Gasteiger partial charge in [0.1, 0.15) is 11.6 Å². The van der Waals surface area contributed by atoms with E-state index in [1.165, 1.54) is 5.56 Å². The minimum absolute atomic E-state index is 0.808. The third-order valence-corrected chi connectivity index (χ3v) is 3.82.